The zero-order valence-corrected chi connectivity index (χ0v) is 31.6. The summed E-state index contributed by atoms with van der Waals surface area (Å²) in [5.41, 5.74) is 3.06. The Kier molecular flexibility index (Phi) is 11.9. The molecule has 0 aromatic heterocycles. The molecule has 2 aromatic rings. The minimum Gasteiger partial charge on any atom is -0.488 e. The third kappa shape index (κ3) is 8.79. The minimum absolute atomic E-state index is 0.105. The zero-order chi connectivity index (χ0) is 36.9. The van der Waals surface area contributed by atoms with Crippen LogP contribution in [0.3, 0.4) is 0 Å². The van der Waals surface area contributed by atoms with E-state index in [-0.39, 0.29) is 30.9 Å². The highest BCUT2D eigenvalue weighted by Gasteiger charge is 2.62. The molecule has 0 spiro atoms. The summed E-state index contributed by atoms with van der Waals surface area (Å²) in [6.07, 6.45) is 7.91. The van der Waals surface area contributed by atoms with Gasteiger partial charge in [-0.3, -0.25) is 14.3 Å². The van der Waals surface area contributed by atoms with Gasteiger partial charge in [-0.05, 0) is 73.6 Å². The van der Waals surface area contributed by atoms with Crippen molar-refractivity contribution in [2.45, 2.75) is 112 Å². The number of carbonyl (C=O) groups excluding carboxylic acids is 4. The number of benzene rings is 2. The Bertz CT molecular complexity index is 1770. The molecule has 2 N–H and O–H groups in total. The molecule has 5 atom stereocenters. The van der Waals surface area contributed by atoms with Crippen molar-refractivity contribution in [3.8, 4) is 16.9 Å². The molecule has 2 aliphatic heterocycles. The fraction of sp³-hybridized carbons (Fsp3) is 0.538. The van der Waals surface area contributed by atoms with Gasteiger partial charge in [0.15, 0.2) is 9.52 Å². The second kappa shape index (κ2) is 16.4. The number of hydrogen-bond acceptors (Lipinski definition) is 8. The molecule has 52 heavy (non-hydrogen) atoms. The molecule has 3 amide bonds. The molecular weight excluding hydrogens is 699 g/mol. The molecule has 4 aliphatic rings. The van der Waals surface area contributed by atoms with Crippen molar-refractivity contribution >= 4 is 42.9 Å². The standard InChI is InChI=1S/C39H49N3O8SSi/c1-3-5-16-32-35(43)42-25-30(23-33(42)36(44)52-39(24-29(39)4-2)37(45)41-51(47,48)31-19-20-31)50-34-22-28(26-13-10-8-11-14-26)18-17-27(34)15-9-6-7-12-21-49-38(46)40-32/h4,8,10-11,13-14,17-18,22,29-33H,2-3,5-7,9,12,15-16,19-21,23-25H2,1H3,(H,40,46)(H,41,45)/t29-,30+,32-,33-,39+/m0/s1. The predicted octanol–water partition coefficient (Wildman–Crippen LogP) is 5.31. The molecule has 2 aromatic carbocycles. The first-order valence-corrected chi connectivity index (χ1v) is 21.2. The van der Waals surface area contributed by atoms with Crippen LogP contribution in [0, 0.1) is 5.92 Å². The van der Waals surface area contributed by atoms with Crippen LogP contribution < -0.4 is 14.8 Å². The van der Waals surface area contributed by atoms with Crippen molar-refractivity contribution in [3.05, 3.63) is 66.7 Å². The lowest BCUT2D eigenvalue weighted by atomic mass is 9.99. The lowest BCUT2D eigenvalue weighted by Gasteiger charge is -2.29. The summed E-state index contributed by atoms with van der Waals surface area (Å²) < 4.78 is 39.9. The van der Waals surface area contributed by atoms with E-state index < -0.39 is 65.9 Å². The average Bonchev–Trinajstić information content (AvgIpc) is 4.06. The molecule has 2 heterocycles. The van der Waals surface area contributed by atoms with Gasteiger partial charge in [-0.2, -0.15) is 0 Å². The van der Waals surface area contributed by atoms with Gasteiger partial charge in [0.2, 0.25) is 21.8 Å². The van der Waals surface area contributed by atoms with Crippen LogP contribution in [0.15, 0.2) is 61.2 Å². The maximum Gasteiger partial charge on any atom is 0.407 e. The van der Waals surface area contributed by atoms with Crippen LogP contribution in [0.2, 0.25) is 5.04 Å². The molecule has 1 saturated heterocycles. The summed E-state index contributed by atoms with van der Waals surface area (Å²) in [4.78, 5) is 56.7. The van der Waals surface area contributed by atoms with Crippen molar-refractivity contribution in [1.82, 2.24) is 14.9 Å². The Morgan fingerprint density at radius 3 is 2.56 bits per heavy atom. The number of alkyl carbamates (subject to hydrolysis) is 1. The molecule has 2 aliphatic carbocycles. The number of rotatable bonds is 11. The number of aryl methyl sites for hydroxylation is 1. The molecule has 3 fully saturated rings. The van der Waals surface area contributed by atoms with Crippen molar-refractivity contribution in [2.24, 2.45) is 5.92 Å². The first-order chi connectivity index (χ1) is 25.0. The van der Waals surface area contributed by atoms with Crippen LogP contribution in [0.5, 0.6) is 5.75 Å². The highest BCUT2D eigenvalue weighted by molar-refractivity contribution is 7.91. The second-order valence-electron chi connectivity index (χ2n) is 14.5. The molecule has 2 bridgehead atoms. The van der Waals surface area contributed by atoms with E-state index in [4.69, 9.17) is 9.47 Å². The number of amides is 3. The molecule has 0 unspecified atom stereocenters. The Hall–Kier alpha value is -3.97. The molecule has 13 heteroatoms. The van der Waals surface area contributed by atoms with Crippen molar-refractivity contribution in [2.75, 3.05) is 13.2 Å². The highest BCUT2D eigenvalue weighted by atomic mass is 32.2. The minimum atomic E-state index is -3.83. The smallest absolute Gasteiger partial charge is 0.407 e. The summed E-state index contributed by atoms with van der Waals surface area (Å²) in [5.74, 6) is -0.757. The van der Waals surface area contributed by atoms with Crippen LogP contribution in [0.25, 0.3) is 11.1 Å². The fourth-order valence-corrected chi connectivity index (χ4v) is 10.4. The second-order valence-corrected chi connectivity index (χ2v) is 18.1. The van der Waals surface area contributed by atoms with Gasteiger partial charge >= 0.3 is 6.09 Å². The first kappa shape index (κ1) is 37.8. The summed E-state index contributed by atoms with van der Waals surface area (Å²) in [6, 6.07) is 14.3. The van der Waals surface area contributed by atoms with E-state index in [0.717, 1.165) is 48.8 Å². The van der Waals surface area contributed by atoms with Crippen LogP contribution in [0.4, 0.5) is 4.79 Å². The van der Waals surface area contributed by atoms with Crippen molar-refractivity contribution in [3.63, 3.8) is 0 Å². The van der Waals surface area contributed by atoms with E-state index >= 15 is 0 Å². The highest BCUT2D eigenvalue weighted by Crippen LogP contribution is 2.60. The Labute approximate surface area is 309 Å². The number of ether oxygens (including phenoxy) is 2. The summed E-state index contributed by atoms with van der Waals surface area (Å²) in [5, 5.41) is 0.621. The van der Waals surface area contributed by atoms with Gasteiger partial charge in [-0.25, -0.2) is 13.2 Å². The monoisotopic (exact) mass is 747 g/mol. The van der Waals surface area contributed by atoms with E-state index in [1.165, 1.54) is 4.90 Å². The largest absolute Gasteiger partial charge is 0.488 e. The molecule has 2 radical (unpaired) electrons. The lowest BCUT2D eigenvalue weighted by molar-refractivity contribution is -0.137. The number of unbranched alkanes of at least 4 members (excludes halogenated alkanes) is 1. The third-order valence-electron chi connectivity index (χ3n) is 10.6. The number of nitrogens with one attached hydrogen (secondary N) is 2. The van der Waals surface area contributed by atoms with Crippen LogP contribution in [-0.2, 0) is 35.6 Å². The Morgan fingerprint density at radius 2 is 1.85 bits per heavy atom. The Morgan fingerprint density at radius 1 is 1.08 bits per heavy atom. The normalized spacial score (nSPS) is 26.9. The number of hydrogen-bond donors (Lipinski definition) is 2. The maximum atomic E-state index is 14.4. The molecule has 2 saturated carbocycles. The lowest BCUT2D eigenvalue weighted by Crippen LogP contribution is -2.53. The predicted molar refractivity (Wildman–Crippen MR) is 198 cm³/mol. The van der Waals surface area contributed by atoms with Crippen LogP contribution in [-0.4, -0.2) is 82.7 Å². The zero-order valence-electron chi connectivity index (χ0n) is 29.8. The number of cyclic esters (lactones) is 1. The van der Waals surface area contributed by atoms with Gasteiger partial charge < -0.3 is 24.5 Å². The molecule has 278 valence electrons. The topological polar surface area (TPSA) is 148 Å². The SMILES string of the molecule is C=C[C@H]1C[C@]1([Si]C(=O)[C@@H]1C[C@@H]2CN1C(=O)[C@H](CCCC)NC(=O)OCCCCCCc1ccc(-c3ccccc3)cc1O2)C(=O)NS(=O)(=O)C1CC1. The molecular formula is C39H49N3O8SSi. The van der Waals surface area contributed by atoms with E-state index in [0.29, 0.717) is 44.3 Å². The van der Waals surface area contributed by atoms with E-state index in [1.807, 2.05) is 43.3 Å². The number of fused-ring (bicyclic) bond motifs is 3. The Balaban J connectivity index is 1.31. The third-order valence-corrected chi connectivity index (χ3v) is 14.2. The average molecular weight is 748 g/mol. The van der Waals surface area contributed by atoms with Crippen molar-refractivity contribution < 1.29 is 37.1 Å². The first-order valence-electron chi connectivity index (χ1n) is 18.6. The molecule has 6 rings (SSSR count). The summed E-state index contributed by atoms with van der Waals surface area (Å²) in [6.45, 7) is 6.17. The van der Waals surface area contributed by atoms with Crippen molar-refractivity contribution in [1.29, 1.82) is 0 Å². The fourth-order valence-electron chi connectivity index (χ4n) is 7.24. The summed E-state index contributed by atoms with van der Waals surface area (Å²) in [7, 11) is -4.42. The quantitative estimate of drug-likeness (QED) is 0.232. The number of carbonyl (C=O) groups is 4. The van der Waals surface area contributed by atoms with E-state index in [2.05, 4.69) is 28.8 Å². The van der Waals surface area contributed by atoms with Gasteiger partial charge in [-0.1, -0.05) is 81.1 Å². The molecule has 11 nitrogen and oxygen atoms in total. The van der Waals surface area contributed by atoms with E-state index in [9.17, 15) is 27.6 Å². The van der Waals surface area contributed by atoms with Crippen LogP contribution in [0.1, 0.15) is 83.1 Å². The van der Waals surface area contributed by atoms with Gasteiger partial charge in [-0.15, -0.1) is 6.58 Å². The number of allylic oxidation sites excluding steroid dienone is 1. The maximum absolute atomic E-state index is 14.4. The van der Waals surface area contributed by atoms with Gasteiger partial charge in [0.1, 0.15) is 23.3 Å². The summed E-state index contributed by atoms with van der Waals surface area (Å²) >= 11 is 0. The van der Waals surface area contributed by atoms with Crippen LogP contribution >= 0.6 is 0 Å². The van der Waals surface area contributed by atoms with Gasteiger partial charge in [0.05, 0.1) is 29.5 Å². The number of nitrogens with zero attached hydrogens (tertiary/aromatic N) is 1. The van der Waals surface area contributed by atoms with E-state index in [1.54, 1.807) is 6.08 Å². The number of sulfonamides is 1. The van der Waals surface area contributed by atoms with Gasteiger partial charge in [0, 0.05) is 6.42 Å². The van der Waals surface area contributed by atoms with Gasteiger partial charge in [0.25, 0.3) is 0 Å².